The van der Waals surface area contributed by atoms with Crippen LogP contribution < -0.4 is 26.6 Å². The van der Waals surface area contributed by atoms with Gasteiger partial charge in [0.25, 0.3) is 5.56 Å². The Bertz CT molecular complexity index is 880. The van der Waals surface area contributed by atoms with E-state index in [9.17, 15) is 9.59 Å². The summed E-state index contributed by atoms with van der Waals surface area (Å²) in [5, 5.41) is 0. The summed E-state index contributed by atoms with van der Waals surface area (Å²) in [6.45, 7) is 4.99. The van der Waals surface area contributed by atoms with Gasteiger partial charge in [0, 0.05) is 58.6 Å². The molecule has 0 spiro atoms. The second-order valence-electron chi connectivity index (χ2n) is 6.84. The lowest BCUT2D eigenvalue weighted by atomic mass is 10.3. The number of nitrogens with zero attached hydrogens (tertiary/aromatic N) is 4. The normalized spacial score (nSPS) is 15.1. The average molecular weight is 373 g/mol. The van der Waals surface area contributed by atoms with Crippen molar-refractivity contribution in [3.8, 4) is 5.75 Å². The highest BCUT2D eigenvalue weighted by Gasteiger charge is 2.20. The molecular weight excluding hydrogens is 346 g/mol. The van der Waals surface area contributed by atoms with Crippen LogP contribution in [0.1, 0.15) is 6.42 Å². The van der Waals surface area contributed by atoms with Crippen molar-refractivity contribution in [2.75, 3.05) is 50.0 Å². The highest BCUT2D eigenvalue weighted by Crippen LogP contribution is 2.14. The predicted octanol–water partition coefficient (Wildman–Crippen LogP) is 0.257. The molecule has 0 bridgehead atoms. The molecule has 1 aromatic heterocycles. The maximum Gasteiger partial charge on any atom is 0.332 e. The molecule has 1 aromatic carbocycles. The van der Waals surface area contributed by atoms with Crippen molar-refractivity contribution in [1.82, 2.24) is 14.0 Å². The summed E-state index contributed by atoms with van der Waals surface area (Å²) < 4.78 is 8.39. The number of nitrogens with two attached hydrogens (primary N) is 1. The zero-order valence-electron chi connectivity index (χ0n) is 15.9. The van der Waals surface area contributed by atoms with Crippen LogP contribution in [0.2, 0.25) is 0 Å². The minimum Gasteiger partial charge on any atom is -0.494 e. The van der Waals surface area contributed by atoms with Crippen LogP contribution in [-0.2, 0) is 14.1 Å². The summed E-state index contributed by atoms with van der Waals surface area (Å²) in [6, 6.07) is 8.96. The zero-order valence-corrected chi connectivity index (χ0v) is 15.9. The van der Waals surface area contributed by atoms with Crippen LogP contribution in [0.15, 0.2) is 39.9 Å². The van der Waals surface area contributed by atoms with E-state index >= 15 is 0 Å². The molecule has 1 aliphatic heterocycles. The Hall–Kier alpha value is -2.74. The lowest BCUT2D eigenvalue weighted by Crippen LogP contribution is -2.49. The smallest absolute Gasteiger partial charge is 0.332 e. The second kappa shape index (κ2) is 8.30. The van der Waals surface area contributed by atoms with Crippen LogP contribution in [0.5, 0.6) is 5.75 Å². The Morgan fingerprint density at radius 2 is 1.67 bits per heavy atom. The third kappa shape index (κ3) is 4.51. The van der Waals surface area contributed by atoms with E-state index in [1.54, 1.807) is 7.05 Å². The Morgan fingerprint density at radius 3 is 2.33 bits per heavy atom. The maximum atomic E-state index is 12.1. The van der Waals surface area contributed by atoms with Crippen LogP contribution >= 0.6 is 0 Å². The monoisotopic (exact) mass is 373 g/mol. The summed E-state index contributed by atoms with van der Waals surface area (Å²) >= 11 is 0. The van der Waals surface area contributed by atoms with Gasteiger partial charge < -0.3 is 15.4 Å². The van der Waals surface area contributed by atoms with Crippen molar-refractivity contribution in [3.63, 3.8) is 0 Å². The van der Waals surface area contributed by atoms with Gasteiger partial charge in [-0.3, -0.25) is 18.8 Å². The van der Waals surface area contributed by atoms with E-state index in [0.29, 0.717) is 12.4 Å². The molecular formula is C19H27N5O3. The molecule has 0 unspecified atom stereocenters. The lowest BCUT2D eigenvalue weighted by molar-refractivity contribution is 0.224. The van der Waals surface area contributed by atoms with E-state index in [-0.39, 0.29) is 11.2 Å². The van der Waals surface area contributed by atoms with Gasteiger partial charge >= 0.3 is 5.69 Å². The topological polar surface area (TPSA) is 85.7 Å². The summed E-state index contributed by atoms with van der Waals surface area (Å²) in [6.07, 6.45) is 0.939. The van der Waals surface area contributed by atoms with E-state index in [4.69, 9.17) is 10.5 Å². The molecule has 0 saturated carbocycles. The van der Waals surface area contributed by atoms with E-state index in [2.05, 4.69) is 9.80 Å². The maximum absolute atomic E-state index is 12.1. The van der Waals surface area contributed by atoms with Crippen molar-refractivity contribution in [1.29, 1.82) is 0 Å². The molecule has 0 amide bonds. The number of anilines is 2. The van der Waals surface area contributed by atoms with Gasteiger partial charge in [-0.25, -0.2) is 4.79 Å². The summed E-state index contributed by atoms with van der Waals surface area (Å²) in [7, 11) is 3.21. The van der Waals surface area contributed by atoms with Crippen LogP contribution in [0.25, 0.3) is 0 Å². The van der Waals surface area contributed by atoms with E-state index in [1.165, 1.54) is 17.7 Å². The Kier molecular flexibility index (Phi) is 5.85. The number of piperazine rings is 1. The van der Waals surface area contributed by atoms with Gasteiger partial charge in [0.15, 0.2) is 0 Å². The van der Waals surface area contributed by atoms with Crippen molar-refractivity contribution >= 4 is 11.5 Å². The minimum atomic E-state index is -0.292. The Balaban J connectivity index is 1.46. The fourth-order valence-electron chi connectivity index (χ4n) is 3.27. The van der Waals surface area contributed by atoms with Crippen molar-refractivity contribution < 1.29 is 4.74 Å². The van der Waals surface area contributed by atoms with Gasteiger partial charge in [0.2, 0.25) is 0 Å². The number of benzene rings is 1. The highest BCUT2D eigenvalue weighted by molar-refractivity contribution is 5.41. The molecule has 8 nitrogen and oxygen atoms in total. The van der Waals surface area contributed by atoms with Gasteiger partial charge in [-0.05, 0) is 30.7 Å². The molecule has 2 N–H and O–H groups in total. The average Bonchev–Trinajstić information content (AvgIpc) is 2.68. The Labute approximate surface area is 158 Å². The van der Waals surface area contributed by atoms with Crippen molar-refractivity contribution in [2.24, 2.45) is 14.1 Å². The predicted molar refractivity (Wildman–Crippen MR) is 107 cm³/mol. The highest BCUT2D eigenvalue weighted by atomic mass is 16.5. The van der Waals surface area contributed by atoms with Gasteiger partial charge in [-0.15, -0.1) is 0 Å². The molecule has 27 heavy (non-hydrogen) atoms. The molecule has 2 aromatic rings. The molecule has 8 heteroatoms. The standard InChI is InChI=1S/C19H27N5O3/c1-21-17(14-18(25)22(2)19(21)26)24-11-9-23(10-12-24)8-3-13-27-16-6-4-15(20)5-7-16/h4-7,14H,3,8-13,20H2,1-2H3. The third-order valence-corrected chi connectivity index (χ3v) is 4.96. The summed E-state index contributed by atoms with van der Waals surface area (Å²) in [5.41, 5.74) is 5.83. The number of aromatic nitrogens is 2. The minimum absolute atomic E-state index is 0.268. The quantitative estimate of drug-likeness (QED) is 0.577. The Morgan fingerprint density at radius 1 is 1.00 bits per heavy atom. The molecule has 0 radical (unpaired) electrons. The molecule has 1 saturated heterocycles. The van der Waals surface area contributed by atoms with Crippen molar-refractivity contribution in [3.05, 3.63) is 51.2 Å². The number of ether oxygens (including phenoxy) is 1. The van der Waals surface area contributed by atoms with Gasteiger partial charge in [0.05, 0.1) is 6.61 Å². The first-order valence-corrected chi connectivity index (χ1v) is 9.18. The molecule has 0 atom stereocenters. The fourth-order valence-corrected chi connectivity index (χ4v) is 3.27. The third-order valence-electron chi connectivity index (χ3n) is 4.96. The van der Waals surface area contributed by atoms with E-state index < -0.39 is 0 Å². The van der Waals surface area contributed by atoms with Crippen LogP contribution in [0, 0.1) is 0 Å². The first kappa shape index (κ1) is 19.0. The molecule has 2 heterocycles. The van der Waals surface area contributed by atoms with E-state index in [0.717, 1.165) is 55.1 Å². The van der Waals surface area contributed by atoms with Crippen LogP contribution in [-0.4, -0.2) is 53.4 Å². The lowest BCUT2D eigenvalue weighted by Gasteiger charge is -2.36. The van der Waals surface area contributed by atoms with E-state index in [1.807, 2.05) is 24.3 Å². The van der Waals surface area contributed by atoms with Crippen LogP contribution in [0.3, 0.4) is 0 Å². The number of rotatable bonds is 6. The summed E-state index contributed by atoms with van der Waals surface area (Å²) in [5.74, 6) is 1.52. The van der Waals surface area contributed by atoms with Gasteiger partial charge in [-0.2, -0.15) is 0 Å². The zero-order chi connectivity index (χ0) is 19.4. The molecule has 1 fully saturated rings. The molecule has 3 rings (SSSR count). The number of nitrogen functional groups attached to an aromatic ring is 1. The molecule has 146 valence electrons. The number of hydrogen-bond acceptors (Lipinski definition) is 6. The SMILES string of the molecule is Cn1c(N2CCN(CCCOc3ccc(N)cc3)CC2)cc(=O)n(C)c1=O. The van der Waals surface area contributed by atoms with Crippen molar-refractivity contribution in [2.45, 2.75) is 6.42 Å². The number of hydrogen-bond donors (Lipinski definition) is 1. The first-order valence-electron chi connectivity index (χ1n) is 9.18. The fraction of sp³-hybridized carbons (Fsp3) is 0.474. The van der Waals surface area contributed by atoms with Gasteiger partial charge in [-0.1, -0.05) is 0 Å². The second-order valence-corrected chi connectivity index (χ2v) is 6.84. The molecule has 0 aliphatic carbocycles. The van der Waals surface area contributed by atoms with Crippen LogP contribution in [0.4, 0.5) is 11.5 Å². The first-order chi connectivity index (χ1) is 13.0. The molecule has 1 aliphatic rings. The summed E-state index contributed by atoms with van der Waals surface area (Å²) in [4.78, 5) is 28.5. The largest absolute Gasteiger partial charge is 0.494 e. The van der Waals surface area contributed by atoms with Gasteiger partial charge in [0.1, 0.15) is 11.6 Å².